The van der Waals surface area contributed by atoms with E-state index < -0.39 is 5.97 Å². The quantitative estimate of drug-likeness (QED) is 0.500. The van der Waals surface area contributed by atoms with Gasteiger partial charge >= 0.3 is 5.97 Å². The molecule has 132 valence electrons. The molecule has 2 heterocycles. The van der Waals surface area contributed by atoms with E-state index in [0.717, 1.165) is 17.1 Å². The predicted molar refractivity (Wildman–Crippen MR) is 99.1 cm³/mol. The largest absolute Gasteiger partial charge is 0.453 e. The minimum Gasteiger partial charge on any atom is -0.453 e. The molecule has 0 aliphatic carbocycles. The Kier molecular flexibility index (Phi) is 5.19. The van der Waals surface area contributed by atoms with E-state index in [9.17, 15) is 9.59 Å². The number of aryl methyl sites for hydroxylation is 1. The highest BCUT2D eigenvalue weighted by Gasteiger charge is 2.19. The van der Waals surface area contributed by atoms with Crippen LogP contribution in [0.3, 0.4) is 0 Å². The van der Waals surface area contributed by atoms with Crippen LogP contribution < -0.4 is 0 Å². The second-order valence-corrected chi connectivity index (χ2v) is 6.25. The molecule has 6 heteroatoms. The lowest BCUT2D eigenvalue weighted by atomic mass is 10.1. The number of rotatable bonds is 5. The van der Waals surface area contributed by atoms with Gasteiger partial charge < -0.3 is 9.30 Å². The zero-order chi connectivity index (χ0) is 18.7. The predicted octanol–water partition coefficient (Wildman–Crippen LogP) is 4.18. The SMILES string of the molecule is Cc1cc(C(=O)COC(=O)c2cc(Cl)ccn2)c(C)n1-c1ccccc1. The number of ether oxygens (including phenoxy) is 1. The summed E-state index contributed by atoms with van der Waals surface area (Å²) in [5.41, 5.74) is 3.30. The molecule has 0 atom stereocenters. The molecule has 0 radical (unpaired) electrons. The van der Waals surface area contributed by atoms with Crippen molar-refractivity contribution in [3.63, 3.8) is 0 Å². The smallest absolute Gasteiger partial charge is 0.357 e. The zero-order valence-corrected chi connectivity index (χ0v) is 15.2. The summed E-state index contributed by atoms with van der Waals surface area (Å²) in [6.07, 6.45) is 1.41. The van der Waals surface area contributed by atoms with Gasteiger partial charge in [0.25, 0.3) is 0 Å². The average Bonchev–Trinajstić information content (AvgIpc) is 2.94. The molecule has 0 unspecified atom stereocenters. The fraction of sp³-hybridized carbons (Fsp3) is 0.150. The molecule has 0 aliphatic heterocycles. The van der Waals surface area contributed by atoms with Gasteiger partial charge in [-0.05, 0) is 44.2 Å². The Morgan fingerprint density at radius 2 is 1.85 bits per heavy atom. The van der Waals surface area contributed by atoms with Gasteiger partial charge in [-0.15, -0.1) is 0 Å². The molecule has 0 aliphatic rings. The summed E-state index contributed by atoms with van der Waals surface area (Å²) in [5, 5.41) is 0.379. The van der Waals surface area contributed by atoms with E-state index in [1.165, 1.54) is 12.3 Å². The maximum atomic E-state index is 12.5. The number of para-hydroxylation sites is 1. The van der Waals surface area contributed by atoms with Crippen LogP contribution in [0.25, 0.3) is 5.69 Å². The molecule has 26 heavy (non-hydrogen) atoms. The number of carbonyl (C=O) groups is 2. The van der Waals surface area contributed by atoms with E-state index in [4.69, 9.17) is 16.3 Å². The van der Waals surface area contributed by atoms with Crippen LogP contribution in [0.1, 0.15) is 32.2 Å². The first kappa shape index (κ1) is 17.9. The Morgan fingerprint density at radius 1 is 1.12 bits per heavy atom. The van der Waals surface area contributed by atoms with Crippen LogP contribution in [0.5, 0.6) is 0 Å². The van der Waals surface area contributed by atoms with Gasteiger partial charge in [-0.1, -0.05) is 29.8 Å². The second kappa shape index (κ2) is 7.54. The molecule has 0 N–H and O–H groups in total. The molecule has 3 aromatic rings. The van der Waals surface area contributed by atoms with E-state index in [0.29, 0.717) is 10.6 Å². The third-order valence-corrected chi connectivity index (χ3v) is 4.25. The fourth-order valence-electron chi connectivity index (χ4n) is 2.82. The fourth-order valence-corrected chi connectivity index (χ4v) is 2.98. The van der Waals surface area contributed by atoms with Gasteiger partial charge in [-0.2, -0.15) is 0 Å². The number of ketones is 1. The Labute approximate surface area is 156 Å². The number of esters is 1. The van der Waals surface area contributed by atoms with Crippen LogP contribution >= 0.6 is 11.6 Å². The molecular formula is C20H17ClN2O3. The van der Waals surface area contributed by atoms with Gasteiger partial charge in [0, 0.05) is 33.9 Å². The van der Waals surface area contributed by atoms with Crippen molar-refractivity contribution in [2.24, 2.45) is 0 Å². The highest BCUT2D eigenvalue weighted by molar-refractivity contribution is 6.30. The van der Waals surface area contributed by atoms with Crippen LogP contribution in [0.15, 0.2) is 54.7 Å². The second-order valence-electron chi connectivity index (χ2n) is 5.81. The van der Waals surface area contributed by atoms with Crippen molar-refractivity contribution in [1.82, 2.24) is 9.55 Å². The molecule has 5 nitrogen and oxygen atoms in total. The van der Waals surface area contributed by atoms with E-state index in [-0.39, 0.29) is 18.1 Å². The number of nitrogens with zero attached hydrogens (tertiary/aromatic N) is 2. The topological polar surface area (TPSA) is 61.2 Å². The molecule has 2 aromatic heterocycles. The highest BCUT2D eigenvalue weighted by Crippen LogP contribution is 2.21. The maximum absolute atomic E-state index is 12.5. The number of hydrogen-bond donors (Lipinski definition) is 0. The summed E-state index contributed by atoms with van der Waals surface area (Å²) in [5.74, 6) is -0.951. The Morgan fingerprint density at radius 3 is 2.54 bits per heavy atom. The van der Waals surface area contributed by atoms with Crippen LogP contribution in [-0.2, 0) is 4.74 Å². The Hall–Kier alpha value is -2.92. The molecule has 1 aromatic carbocycles. The first-order chi connectivity index (χ1) is 12.5. The Balaban J connectivity index is 1.76. The molecule has 0 spiro atoms. The summed E-state index contributed by atoms with van der Waals surface area (Å²) in [4.78, 5) is 28.4. The lowest BCUT2D eigenvalue weighted by molar-refractivity contribution is 0.0468. The summed E-state index contributed by atoms with van der Waals surface area (Å²) in [7, 11) is 0. The average molecular weight is 369 g/mol. The molecule has 0 bridgehead atoms. The molecule has 0 saturated carbocycles. The van der Waals surface area contributed by atoms with Gasteiger partial charge in [0.1, 0.15) is 5.69 Å². The number of aromatic nitrogens is 2. The number of Topliss-reactive ketones (excluding diaryl/α,β-unsaturated/α-hetero) is 1. The third-order valence-electron chi connectivity index (χ3n) is 4.01. The Bertz CT molecular complexity index is 964. The molecule has 3 rings (SSSR count). The number of halogens is 1. The summed E-state index contributed by atoms with van der Waals surface area (Å²) in [6.45, 7) is 3.44. The van der Waals surface area contributed by atoms with Crippen LogP contribution in [0.2, 0.25) is 5.02 Å². The molecule has 0 fully saturated rings. The van der Waals surface area contributed by atoms with Crippen LogP contribution in [0.4, 0.5) is 0 Å². The van der Waals surface area contributed by atoms with Crippen molar-refractivity contribution in [2.45, 2.75) is 13.8 Å². The van der Waals surface area contributed by atoms with Crippen molar-refractivity contribution in [2.75, 3.05) is 6.61 Å². The lowest BCUT2D eigenvalue weighted by Crippen LogP contribution is -2.15. The van der Waals surface area contributed by atoms with Crippen molar-refractivity contribution < 1.29 is 14.3 Å². The van der Waals surface area contributed by atoms with E-state index in [1.807, 2.05) is 48.7 Å². The van der Waals surface area contributed by atoms with Gasteiger partial charge in [-0.25, -0.2) is 9.78 Å². The maximum Gasteiger partial charge on any atom is 0.357 e. The number of benzene rings is 1. The van der Waals surface area contributed by atoms with Crippen molar-refractivity contribution in [3.8, 4) is 5.69 Å². The van der Waals surface area contributed by atoms with Gasteiger partial charge in [-0.3, -0.25) is 4.79 Å². The molecule has 0 amide bonds. The van der Waals surface area contributed by atoms with Crippen molar-refractivity contribution in [1.29, 1.82) is 0 Å². The van der Waals surface area contributed by atoms with Crippen molar-refractivity contribution >= 4 is 23.4 Å². The minimum atomic E-state index is -0.683. The molecular weight excluding hydrogens is 352 g/mol. The molecule has 0 saturated heterocycles. The summed E-state index contributed by atoms with van der Waals surface area (Å²) in [6, 6.07) is 14.5. The van der Waals surface area contributed by atoms with E-state index >= 15 is 0 Å². The first-order valence-electron chi connectivity index (χ1n) is 8.03. The van der Waals surface area contributed by atoms with Crippen LogP contribution in [-0.4, -0.2) is 27.9 Å². The zero-order valence-electron chi connectivity index (χ0n) is 14.4. The normalized spacial score (nSPS) is 10.6. The number of carbonyl (C=O) groups excluding carboxylic acids is 2. The highest BCUT2D eigenvalue weighted by atomic mass is 35.5. The van der Waals surface area contributed by atoms with Crippen molar-refractivity contribution in [3.05, 3.63) is 82.4 Å². The first-order valence-corrected chi connectivity index (χ1v) is 8.41. The monoisotopic (exact) mass is 368 g/mol. The third kappa shape index (κ3) is 3.68. The standard InChI is InChI=1S/C20H17ClN2O3/c1-13-10-17(14(2)23(13)16-6-4-3-5-7-16)19(24)12-26-20(25)18-11-15(21)8-9-22-18/h3-11H,12H2,1-2H3. The van der Waals surface area contributed by atoms with E-state index in [2.05, 4.69) is 4.98 Å². The summed E-state index contributed by atoms with van der Waals surface area (Å²) >= 11 is 5.83. The van der Waals surface area contributed by atoms with Gasteiger partial charge in [0.15, 0.2) is 6.61 Å². The van der Waals surface area contributed by atoms with Gasteiger partial charge in [0.2, 0.25) is 5.78 Å². The lowest BCUT2D eigenvalue weighted by Gasteiger charge is -2.09. The number of hydrogen-bond acceptors (Lipinski definition) is 4. The number of pyridine rings is 1. The minimum absolute atomic E-state index is 0.0695. The summed E-state index contributed by atoms with van der Waals surface area (Å²) < 4.78 is 7.08. The van der Waals surface area contributed by atoms with Gasteiger partial charge in [0.05, 0.1) is 0 Å². The van der Waals surface area contributed by atoms with Crippen LogP contribution in [0, 0.1) is 13.8 Å². The van der Waals surface area contributed by atoms with E-state index in [1.54, 1.807) is 12.1 Å².